The minimum Gasteiger partial charge on any atom is -0.394 e. The molecule has 0 spiro atoms. The third kappa shape index (κ3) is 10.3. The molecular formula is C32H55NO26. The summed E-state index contributed by atoms with van der Waals surface area (Å²) in [4.78, 5) is 12.4. The number of carbonyl (C=O) groups is 1. The molecule has 344 valence electrons. The Labute approximate surface area is 333 Å². The van der Waals surface area contributed by atoms with Crippen molar-refractivity contribution in [3.8, 4) is 0 Å². The maximum atomic E-state index is 12.4. The van der Waals surface area contributed by atoms with E-state index in [4.69, 9.17) is 42.6 Å². The Morgan fingerprint density at radius 3 is 1.36 bits per heavy atom. The number of aliphatic hydroxyl groups excluding tert-OH is 16. The molecule has 25 atom stereocenters. The molecule has 1 unspecified atom stereocenters. The Hall–Kier alpha value is -1.53. The van der Waals surface area contributed by atoms with E-state index in [0.29, 0.717) is 0 Å². The lowest BCUT2D eigenvalue weighted by Gasteiger charge is -2.49. The summed E-state index contributed by atoms with van der Waals surface area (Å²) in [5, 5.41) is 169. The van der Waals surface area contributed by atoms with Gasteiger partial charge in [0.05, 0.1) is 33.0 Å². The summed E-state index contributed by atoms with van der Waals surface area (Å²) >= 11 is 0. The van der Waals surface area contributed by atoms with Crippen molar-refractivity contribution in [1.29, 1.82) is 0 Å². The lowest BCUT2D eigenvalue weighted by molar-refractivity contribution is -0.377. The minimum atomic E-state index is -2.07. The average molecular weight is 870 g/mol. The van der Waals surface area contributed by atoms with Gasteiger partial charge < -0.3 is 130 Å². The van der Waals surface area contributed by atoms with Crippen LogP contribution in [0.15, 0.2) is 0 Å². The third-order valence-corrected chi connectivity index (χ3v) is 10.7. The first-order valence-corrected chi connectivity index (χ1v) is 18.6. The Morgan fingerprint density at radius 1 is 0.441 bits per heavy atom. The van der Waals surface area contributed by atoms with Crippen molar-refractivity contribution in [2.75, 3.05) is 33.0 Å². The molecule has 5 aliphatic heterocycles. The van der Waals surface area contributed by atoms with Gasteiger partial charge >= 0.3 is 0 Å². The third-order valence-electron chi connectivity index (χ3n) is 10.7. The van der Waals surface area contributed by atoms with Crippen molar-refractivity contribution in [2.24, 2.45) is 0 Å². The molecule has 0 bridgehead atoms. The van der Waals surface area contributed by atoms with Crippen LogP contribution in [0.5, 0.6) is 0 Å². The molecule has 59 heavy (non-hydrogen) atoms. The van der Waals surface area contributed by atoms with Gasteiger partial charge in [0.1, 0.15) is 122 Å². The quantitative estimate of drug-likeness (QED) is 0.0770. The summed E-state index contributed by atoms with van der Waals surface area (Å²) in [6.07, 6.45) is -44.2. The number of nitrogens with one attached hydrogen (secondary N) is 1. The number of carbonyl (C=O) groups excluding carboxylic acids is 1. The van der Waals surface area contributed by atoms with Gasteiger partial charge in [0.15, 0.2) is 31.5 Å². The average Bonchev–Trinajstić information content (AvgIpc) is 3.21. The highest BCUT2D eigenvalue weighted by molar-refractivity contribution is 5.73. The summed E-state index contributed by atoms with van der Waals surface area (Å²) in [6, 6.07) is -1.71. The highest BCUT2D eigenvalue weighted by atomic mass is 16.8. The molecule has 27 nitrogen and oxygen atoms in total. The molecule has 5 rings (SSSR count). The van der Waals surface area contributed by atoms with Crippen molar-refractivity contribution in [2.45, 2.75) is 160 Å². The van der Waals surface area contributed by atoms with Crippen LogP contribution < -0.4 is 5.32 Å². The molecule has 0 aliphatic carbocycles. The molecule has 0 aromatic heterocycles. The van der Waals surface area contributed by atoms with E-state index in [0.717, 1.165) is 6.92 Å². The number of amides is 1. The molecule has 5 fully saturated rings. The Bertz CT molecular complexity index is 1320. The Morgan fingerprint density at radius 2 is 0.864 bits per heavy atom. The summed E-state index contributed by atoms with van der Waals surface area (Å²) < 4.78 is 50.2. The van der Waals surface area contributed by atoms with Gasteiger partial charge in [-0.1, -0.05) is 0 Å². The first kappa shape index (κ1) is 48.5. The van der Waals surface area contributed by atoms with Gasteiger partial charge in [-0.15, -0.1) is 0 Å². The van der Waals surface area contributed by atoms with Gasteiger partial charge in [0, 0.05) is 6.92 Å². The summed E-state index contributed by atoms with van der Waals surface area (Å²) in [6.45, 7) is -3.37. The number of aliphatic hydroxyl groups is 16. The fourth-order valence-electron chi connectivity index (χ4n) is 7.33. The first-order chi connectivity index (χ1) is 27.9. The summed E-state index contributed by atoms with van der Waals surface area (Å²) in [5.74, 6) is -0.808. The predicted molar refractivity (Wildman–Crippen MR) is 178 cm³/mol. The second-order valence-corrected chi connectivity index (χ2v) is 14.7. The molecule has 5 heterocycles. The van der Waals surface area contributed by atoms with Gasteiger partial charge in [-0.25, -0.2) is 0 Å². The van der Waals surface area contributed by atoms with Crippen LogP contribution in [0.3, 0.4) is 0 Å². The van der Waals surface area contributed by atoms with Crippen LogP contribution >= 0.6 is 0 Å². The Balaban J connectivity index is 1.39. The molecule has 1 amide bonds. The highest BCUT2D eigenvalue weighted by Crippen LogP contribution is 2.34. The summed E-state index contributed by atoms with van der Waals surface area (Å²) in [7, 11) is 0. The molecule has 5 saturated heterocycles. The molecule has 0 radical (unpaired) electrons. The minimum absolute atomic E-state index is 0.808. The maximum Gasteiger partial charge on any atom is 0.217 e. The monoisotopic (exact) mass is 869 g/mol. The van der Waals surface area contributed by atoms with Crippen LogP contribution in [0.25, 0.3) is 0 Å². The van der Waals surface area contributed by atoms with E-state index >= 15 is 0 Å². The van der Waals surface area contributed by atoms with Crippen molar-refractivity contribution < 1.29 is 129 Å². The molecule has 5 aliphatic rings. The van der Waals surface area contributed by atoms with Crippen molar-refractivity contribution >= 4 is 5.91 Å². The molecular weight excluding hydrogens is 814 g/mol. The van der Waals surface area contributed by atoms with Crippen molar-refractivity contribution in [3.05, 3.63) is 0 Å². The second kappa shape index (κ2) is 20.8. The zero-order valence-corrected chi connectivity index (χ0v) is 31.2. The van der Waals surface area contributed by atoms with E-state index < -0.39 is 192 Å². The molecule has 17 N–H and O–H groups in total. The molecule has 27 heteroatoms. The number of hydrogen-bond acceptors (Lipinski definition) is 26. The fraction of sp³-hybridized carbons (Fsp3) is 0.969. The van der Waals surface area contributed by atoms with E-state index in [1.807, 2.05) is 0 Å². The topological polar surface area (TPSA) is 436 Å². The zero-order valence-electron chi connectivity index (χ0n) is 31.2. The Kier molecular flexibility index (Phi) is 17.1. The van der Waals surface area contributed by atoms with E-state index in [1.54, 1.807) is 0 Å². The second-order valence-electron chi connectivity index (χ2n) is 14.7. The molecule has 0 aromatic rings. The van der Waals surface area contributed by atoms with E-state index in [1.165, 1.54) is 0 Å². The fourth-order valence-corrected chi connectivity index (χ4v) is 7.33. The first-order valence-electron chi connectivity index (χ1n) is 18.6. The lowest BCUT2D eigenvalue weighted by atomic mass is 9.94. The van der Waals surface area contributed by atoms with E-state index in [-0.39, 0.29) is 0 Å². The van der Waals surface area contributed by atoms with Crippen molar-refractivity contribution in [3.63, 3.8) is 0 Å². The summed E-state index contributed by atoms with van der Waals surface area (Å²) in [5.41, 5.74) is 0. The van der Waals surface area contributed by atoms with E-state index in [9.17, 15) is 86.5 Å². The van der Waals surface area contributed by atoms with Crippen LogP contribution in [0.2, 0.25) is 0 Å². The van der Waals surface area contributed by atoms with Gasteiger partial charge in [-0.05, 0) is 0 Å². The van der Waals surface area contributed by atoms with E-state index in [2.05, 4.69) is 5.32 Å². The SMILES string of the molecule is CC(=O)N[C@H]1[C@H](O[C@H]2[C@@H](O)[C@@H](CO)OC(O)[C@@H]2O)O[C@H](CO[C@@H]2O[C@H](CO)[C@@H](O[C@@H]3O[C@H](CO)[C@H](O)[C@H](O)[C@H]3O)[C@H](O)[C@H]2O)[C@@H](O[C@@H]2O[C@H](CO)[C@H](O)[C@H](O)[C@H]2O)[C@@H]1O. The normalized spacial score (nSPS) is 51.0. The largest absolute Gasteiger partial charge is 0.394 e. The zero-order chi connectivity index (χ0) is 43.6. The number of rotatable bonds is 14. The molecule has 0 saturated carbocycles. The predicted octanol–water partition coefficient (Wildman–Crippen LogP) is -11.8. The van der Waals surface area contributed by atoms with Gasteiger partial charge in [-0.3, -0.25) is 4.79 Å². The molecule has 0 aromatic carbocycles. The highest BCUT2D eigenvalue weighted by Gasteiger charge is 2.56. The van der Waals surface area contributed by atoms with Gasteiger partial charge in [0.2, 0.25) is 5.91 Å². The van der Waals surface area contributed by atoms with Crippen LogP contribution in [0, 0.1) is 0 Å². The number of hydrogen-bond donors (Lipinski definition) is 17. The standard InChI is InChI=1S/C32H55NO26/c1-7(38)33-13-17(42)26(58-32-22(47)19(44)15(40)9(3-35)54-32)12(56-29(13)59-27-16(41)10(4-36)52-28(50)24(27)49)6-51-30-23(48)20(45)25(11(5-37)55-30)57-31-21(46)18(43)14(39)8(2-34)53-31/h8-32,34-37,39-50H,2-6H2,1H3,(H,33,38)/t8-,9-,10-,11-,12-,13-,14+,15+,16+,17-,18+,19+,20-,21-,22-,23-,24-,25-,26-,27+,28?,29+,30-,31+,32+/m1/s1. The van der Waals surface area contributed by atoms with Crippen LogP contribution in [-0.2, 0) is 47.4 Å². The number of ether oxygens (including phenoxy) is 9. The van der Waals surface area contributed by atoms with Crippen molar-refractivity contribution in [1.82, 2.24) is 5.32 Å². The van der Waals surface area contributed by atoms with Crippen LogP contribution in [-0.4, -0.2) is 274 Å². The van der Waals surface area contributed by atoms with Gasteiger partial charge in [0.25, 0.3) is 0 Å². The maximum absolute atomic E-state index is 12.4. The smallest absolute Gasteiger partial charge is 0.217 e. The lowest BCUT2D eigenvalue weighted by Crippen LogP contribution is -2.69. The van der Waals surface area contributed by atoms with Crippen LogP contribution in [0.1, 0.15) is 6.92 Å². The van der Waals surface area contributed by atoms with Crippen LogP contribution in [0.4, 0.5) is 0 Å². The van der Waals surface area contributed by atoms with Gasteiger partial charge in [-0.2, -0.15) is 0 Å².